The summed E-state index contributed by atoms with van der Waals surface area (Å²) >= 11 is 7.71. The molecule has 3 aliphatic carbocycles. The van der Waals surface area contributed by atoms with E-state index >= 15 is 0 Å². The second-order valence-corrected chi connectivity index (χ2v) is 9.18. The first-order valence-corrected chi connectivity index (χ1v) is 11.0. The van der Waals surface area contributed by atoms with Crippen molar-refractivity contribution in [3.8, 4) is 11.4 Å². The molecule has 1 atom stereocenters. The van der Waals surface area contributed by atoms with Crippen LogP contribution in [0.15, 0.2) is 23.8 Å². The molecule has 0 radical (unpaired) electrons. The minimum atomic E-state index is 0.363. The van der Waals surface area contributed by atoms with Crippen LogP contribution in [0.3, 0.4) is 0 Å². The highest BCUT2D eigenvalue weighted by atomic mass is 35.5. The molecule has 0 aliphatic heterocycles. The maximum Gasteiger partial charge on any atom is 0.166 e. The van der Waals surface area contributed by atoms with Gasteiger partial charge in [0.25, 0.3) is 0 Å². The lowest BCUT2D eigenvalue weighted by molar-refractivity contribution is 0.157. The summed E-state index contributed by atoms with van der Waals surface area (Å²) in [6.07, 6.45) is 10.1. The third-order valence-corrected chi connectivity index (χ3v) is 7.28. The molecule has 2 N–H and O–H groups in total. The molecule has 142 valence electrons. The molecule has 0 aromatic carbocycles. The third-order valence-electron chi connectivity index (χ3n) is 6.29. The van der Waals surface area contributed by atoms with E-state index in [-0.39, 0.29) is 0 Å². The van der Waals surface area contributed by atoms with Crippen LogP contribution in [-0.2, 0) is 0 Å². The average Bonchev–Trinajstić information content (AvgIpc) is 3.35. The Morgan fingerprint density at radius 1 is 1.14 bits per heavy atom. The normalized spacial score (nSPS) is 24.2. The van der Waals surface area contributed by atoms with Gasteiger partial charge in [-0.3, -0.25) is 0 Å². The van der Waals surface area contributed by atoms with Crippen LogP contribution in [0, 0.1) is 11.8 Å². The molecule has 4 aromatic heterocycles. The molecule has 3 aliphatic rings. The van der Waals surface area contributed by atoms with Gasteiger partial charge in [-0.2, -0.15) is 0 Å². The van der Waals surface area contributed by atoms with E-state index in [1.165, 1.54) is 32.1 Å². The van der Waals surface area contributed by atoms with E-state index in [0.717, 1.165) is 33.4 Å². The smallest absolute Gasteiger partial charge is 0.166 e. The summed E-state index contributed by atoms with van der Waals surface area (Å²) in [6.45, 7) is 0. The van der Waals surface area contributed by atoms with E-state index < -0.39 is 0 Å². The lowest BCUT2D eigenvalue weighted by Gasteiger charge is -2.42. The fraction of sp³-hybridized carbons (Fsp3) is 0.400. The minimum absolute atomic E-state index is 0.363. The van der Waals surface area contributed by atoms with Crippen LogP contribution >= 0.6 is 22.9 Å². The predicted molar refractivity (Wildman–Crippen MR) is 113 cm³/mol. The molecule has 2 bridgehead atoms. The Kier molecular flexibility index (Phi) is 3.81. The van der Waals surface area contributed by atoms with Crippen molar-refractivity contribution in [1.82, 2.24) is 24.9 Å². The summed E-state index contributed by atoms with van der Waals surface area (Å²) < 4.78 is 0. The molecule has 0 amide bonds. The maximum atomic E-state index is 6.07. The van der Waals surface area contributed by atoms with E-state index in [2.05, 4.69) is 31.7 Å². The zero-order valence-electron chi connectivity index (χ0n) is 15.2. The number of halogens is 1. The fourth-order valence-corrected chi connectivity index (χ4v) is 5.75. The molecule has 7 rings (SSSR count). The highest BCUT2D eigenvalue weighted by molar-refractivity contribution is 7.16. The van der Waals surface area contributed by atoms with Crippen LogP contribution < -0.4 is 5.32 Å². The van der Waals surface area contributed by atoms with Gasteiger partial charge in [-0.1, -0.05) is 24.4 Å². The number of thiophene rings is 1. The summed E-state index contributed by atoms with van der Waals surface area (Å²) in [6, 6.07) is 2.62. The molecule has 6 nitrogen and oxygen atoms in total. The van der Waals surface area contributed by atoms with Crippen molar-refractivity contribution in [2.75, 3.05) is 5.32 Å². The summed E-state index contributed by atoms with van der Waals surface area (Å²) in [5.74, 6) is 3.21. The monoisotopic (exact) mass is 410 g/mol. The number of aromatic nitrogens is 5. The van der Waals surface area contributed by atoms with Gasteiger partial charge < -0.3 is 10.3 Å². The Labute approximate surface area is 170 Å². The second-order valence-electron chi connectivity index (χ2n) is 7.89. The van der Waals surface area contributed by atoms with Crippen LogP contribution in [0.25, 0.3) is 32.8 Å². The number of hydrogen-bond donors (Lipinski definition) is 2. The van der Waals surface area contributed by atoms with Gasteiger partial charge in [0.2, 0.25) is 0 Å². The van der Waals surface area contributed by atoms with Crippen LogP contribution in [0.2, 0.25) is 5.15 Å². The molecular formula is C20H19ClN6S. The Bertz CT molecular complexity index is 1180. The number of fused-ring (bicyclic) bond motifs is 5. The van der Waals surface area contributed by atoms with Crippen LogP contribution in [-0.4, -0.2) is 31.0 Å². The minimum Gasteiger partial charge on any atom is -0.366 e. The number of nitrogens with zero attached hydrogens (tertiary/aromatic N) is 4. The number of rotatable bonds is 3. The fourth-order valence-electron chi connectivity index (χ4n) is 4.86. The number of hydrogen-bond acceptors (Lipinski definition) is 6. The average molecular weight is 411 g/mol. The summed E-state index contributed by atoms with van der Waals surface area (Å²) in [4.78, 5) is 22.6. The maximum absolute atomic E-state index is 6.07. The molecule has 28 heavy (non-hydrogen) atoms. The van der Waals surface area contributed by atoms with Crippen molar-refractivity contribution in [2.45, 2.75) is 38.1 Å². The lowest BCUT2D eigenvalue weighted by atomic mass is 9.68. The largest absolute Gasteiger partial charge is 0.366 e. The first-order valence-electron chi connectivity index (χ1n) is 9.76. The Hall–Kier alpha value is -2.25. The predicted octanol–water partition coefficient (Wildman–Crippen LogP) is 5.27. The van der Waals surface area contributed by atoms with Crippen molar-refractivity contribution in [3.05, 3.63) is 29.0 Å². The molecule has 3 saturated carbocycles. The van der Waals surface area contributed by atoms with Crippen molar-refractivity contribution in [3.63, 3.8) is 0 Å². The Morgan fingerprint density at radius 3 is 2.86 bits per heavy atom. The zero-order valence-corrected chi connectivity index (χ0v) is 16.7. The molecule has 4 aromatic rings. The molecule has 0 unspecified atom stereocenters. The van der Waals surface area contributed by atoms with E-state index in [1.807, 2.05) is 6.20 Å². The molecule has 8 heteroatoms. The summed E-state index contributed by atoms with van der Waals surface area (Å²) in [5.41, 5.74) is 2.22. The van der Waals surface area contributed by atoms with Crippen LogP contribution in [0.5, 0.6) is 0 Å². The zero-order chi connectivity index (χ0) is 18.7. The van der Waals surface area contributed by atoms with Crippen molar-refractivity contribution in [2.24, 2.45) is 11.8 Å². The quantitative estimate of drug-likeness (QED) is 0.480. The first kappa shape index (κ1) is 16.7. The summed E-state index contributed by atoms with van der Waals surface area (Å²) in [5, 5.41) is 7.32. The standard InChI is InChI=1S/C20H19ClN6S/c21-15-9-23-19-16(25-15)13(8-22-19)18-26-17(12-5-6-28-20(12)27-18)24-14-7-10-1-3-11(14)4-2-10/h5-6,8-11,14H,1-4,7H2,(H,22,23)(H,24,26,27)/t10?,11?,14-/m1/s1. The highest BCUT2D eigenvalue weighted by Gasteiger charge is 2.36. The van der Waals surface area contributed by atoms with Gasteiger partial charge in [-0.25, -0.2) is 19.9 Å². The molecule has 4 heterocycles. The number of aromatic amines is 1. The van der Waals surface area contributed by atoms with Gasteiger partial charge >= 0.3 is 0 Å². The number of anilines is 1. The Morgan fingerprint density at radius 2 is 2.04 bits per heavy atom. The molecule has 0 saturated heterocycles. The molecule has 3 fully saturated rings. The summed E-state index contributed by atoms with van der Waals surface area (Å²) in [7, 11) is 0. The van der Waals surface area contributed by atoms with Crippen LogP contribution in [0.4, 0.5) is 5.82 Å². The lowest BCUT2D eigenvalue weighted by Crippen LogP contribution is -2.40. The number of nitrogens with one attached hydrogen (secondary N) is 2. The van der Waals surface area contributed by atoms with Crippen LogP contribution in [0.1, 0.15) is 32.1 Å². The van der Waals surface area contributed by atoms with Gasteiger partial charge in [-0.05, 0) is 42.5 Å². The second kappa shape index (κ2) is 6.39. The van der Waals surface area contributed by atoms with Gasteiger partial charge in [0.15, 0.2) is 11.5 Å². The molecule has 0 spiro atoms. The topological polar surface area (TPSA) is 79.4 Å². The van der Waals surface area contributed by atoms with E-state index in [9.17, 15) is 0 Å². The van der Waals surface area contributed by atoms with E-state index in [0.29, 0.717) is 28.2 Å². The first-order chi connectivity index (χ1) is 13.7. The third kappa shape index (κ3) is 2.68. The highest BCUT2D eigenvalue weighted by Crippen LogP contribution is 2.43. The SMILES string of the molecule is Clc1cnc2[nH]cc(-c3nc(N[C@@H]4CC5CCC4CC5)c4ccsc4n3)c2n1. The van der Waals surface area contributed by atoms with Gasteiger partial charge in [-0.15, -0.1) is 11.3 Å². The van der Waals surface area contributed by atoms with Gasteiger partial charge in [0, 0.05) is 12.2 Å². The van der Waals surface area contributed by atoms with Crippen molar-refractivity contribution < 1.29 is 0 Å². The van der Waals surface area contributed by atoms with E-state index in [4.69, 9.17) is 21.6 Å². The Balaban J connectivity index is 1.45. The van der Waals surface area contributed by atoms with Gasteiger partial charge in [0.1, 0.15) is 21.3 Å². The number of H-pyrrole nitrogens is 1. The molecular weight excluding hydrogens is 392 g/mol. The van der Waals surface area contributed by atoms with Gasteiger partial charge in [0.05, 0.1) is 17.1 Å². The van der Waals surface area contributed by atoms with E-state index in [1.54, 1.807) is 17.5 Å². The van der Waals surface area contributed by atoms with Crippen molar-refractivity contribution in [1.29, 1.82) is 0 Å². The van der Waals surface area contributed by atoms with Crippen molar-refractivity contribution >= 4 is 50.1 Å².